The molecule has 2 aromatic carbocycles. The summed E-state index contributed by atoms with van der Waals surface area (Å²) < 4.78 is 0. The lowest BCUT2D eigenvalue weighted by Crippen LogP contribution is -1.96. The number of aromatic amines is 1. The molecule has 1 aromatic heterocycles. The van der Waals surface area contributed by atoms with Crippen molar-refractivity contribution in [3.8, 4) is 6.07 Å². The first-order chi connectivity index (χ1) is 9.76. The summed E-state index contributed by atoms with van der Waals surface area (Å²) in [5.41, 5.74) is 10.4. The number of hydrogen-bond acceptors (Lipinski definition) is 4. The van der Waals surface area contributed by atoms with Gasteiger partial charge in [-0.3, -0.25) is 5.10 Å². The van der Waals surface area contributed by atoms with Crippen molar-refractivity contribution in [3.63, 3.8) is 0 Å². The normalized spacial score (nSPS) is 10.3. The van der Waals surface area contributed by atoms with Crippen LogP contribution in [0.3, 0.4) is 0 Å². The number of hydrogen-bond donors (Lipinski definition) is 3. The zero-order valence-electron chi connectivity index (χ0n) is 10.7. The van der Waals surface area contributed by atoms with Crippen LogP contribution in [0.5, 0.6) is 0 Å². The maximum atomic E-state index is 8.65. The molecule has 0 aliphatic heterocycles. The van der Waals surface area contributed by atoms with Crippen LogP contribution in [0, 0.1) is 11.3 Å². The fourth-order valence-electron chi connectivity index (χ4n) is 2.07. The van der Waals surface area contributed by atoms with Crippen molar-refractivity contribution >= 4 is 28.0 Å². The molecule has 0 radical (unpaired) electrons. The number of nitriles is 1. The average Bonchev–Trinajstić information content (AvgIpc) is 2.89. The summed E-state index contributed by atoms with van der Waals surface area (Å²) in [5, 5.41) is 19.8. The number of nitrogen functional groups attached to an aromatic ring is 1. The molecule has 0 aliphatic rings. The molecule has 4 N–H and O–H groups in total. The molecular formula is C15H13N5. The van der Waals surface area contributed by atoms with Gasteiger partial charge in [0, 0.05) is 11.1 Å². The van der Waals surface area contributed by atoms with Crippen LogP contribution in [0.15, 0.2) is 42.6 Å². The van der Waals surface area contributed by atoms with E-state index < -0.39 is 0 Å². The number of nitrogens with two attached hydrogens (primary N) is 1. The van der Waals surface area contributed by atoms with Crippen LogP contribution >= 0.6 is 0 Å². The highest BCUT2D eigenvalue weighted by Crippen LogP contribution is 2.27. The van der Waals surface area contributed by atoms with Crippen LogP contribution in [-0.4, -0.2) is 10.2 Å². The highest BCUT2D eigenvalue weighted by atomic mass is 15.1. The first-order valence-corrected chi connectivity index (χ1v) is 6.22. The Morgan fingerprint density at radius 3 is 2.80 bits per heavy atom. The maximum absolute atomic E-state index is 8.65. The Hall–Kier alpha value is -3.00. The highest BCUT2D eigenvalue weighted by Gasteiger charge is 2.04. The fourth-order valence-corrected chi connectivity index (χ4v) is 2.07. The second-order valence-corrected chi connectivity index (χ2v) is 4.55. The number of anilines is 3. The monoisotopic (exact) mass is 263 g/mol. The predicted octanol–water partition coefficient (Wildman–Crippen LogP) is 2.95. The Morgan fingerprint density at radius 1 is 1.25 bits per heavy atom. The number of H-pyrrole nitrogens is 1. The lowest BCUT2D eigenvalue weighted by atomic mass is 10.1. The minimum atomic E-state index is 0.419. The lowest BCUT2D eigenvalue weighted by Gasteiger charge is -2.10. The number of aromatic nitrogens is 2. The predicted molar refractivity (Wildman–Crippen MR) is 79.5 cm³/mol. The molecule has 0 unspecified atom stereocenters. The van der Waals surface area contributed by atoms with Crippen LogP contribution in [0.25, 0.3) is 10.9 Å². The summed E-state index contributed by atoms with van der Waals surface area (Å²) in [7, 11) is 0. The first-order valence-electron chi connectivity index (χ1n) is 6.22. The number of nitrogens with one attached hydrogen (secondary N) is 2. The van der Waals surface area contributed by atoms with Crippen molar-refractivity contribution in [3.05, 3.63) is 48.2 Å². The van der Waals surface area contributed by atoms with Crippen molar-refractivity contribution in [1.82, 2.24) is 10.2 Å². The van der Waals surface area contributed by atoms with Crippen molar-refractivity contribution in [1.29, 1.82) is 5.26 Å². The molecule has 1 heterocycles. The first kappa shape index (κ1) is 12.1. The molecule has 0 bridgehead atoms. The second kappa shape index (κ2) is 4.94. The van der Waals surface area contributed by atoms with Gasteiger partial charge in [-0.1, -0.05) is 12.1 Å². The van der Waals surface area contributed by atoms with Gasteiger partial charge in [-0.25, -0.2) is 0 Å². The molecule has 5 nitrogen and oxygen atoms in total. The van der Waals surface area contributed by atoms with E-state index in [1.54, 1.807) is 6.20 Å². The highest BCUT2D eigenvalue weighted by molar-refractivity contribution is 5.89. The zero-order valence-corrected chi connectivity index (χ0v) is 10.7. The molecule has 5 heteroatoms. The van der Waals surface area contributed by atoms with Gasteiger partial charge in [-0.15, -0.1) is 0 Å². The molecule has 98 valence electrons. The molecule has 0 saturated carbocycles. The van der Waals surface area contributed by atoms with Crippen LogP contribution < -0.4 is 11.1 Å². The molecular weight excluding hydrogens is 250 g/mol. The molecule has 0 aliphatic carbocycles. The SMILES string of the molecule is N#CCc1ccc(Nc2cc3[nH]ncc3cc2N)cc1. The third kappa shape index (κ3) is 2.27. The summed E-state index contributed by atoms with van der Waals surface area (Å²) in [5.74, 6) is 0. The smallest absolute Gasteiger partial charge is 0.0672 e. The van der Waals surface area contributed by atoms with Gasteiger partial charge >= 0.3 is 0 Å². The minimum Gasteiger partial charge on any atom is -0.397 e. The zero-order chi connectivity index (χ0) is 13.9. The third-order valence-electron chi connectivity index (χ3n) is 3.13. The van der Waals surface area contributed by atoms with E-state index >= 15 is 0 Å². The van der Waals surface area contributed by atoms with Gasteiger partial charge in [-0.2, -0.15) is 10.4 Å². The topological polar surface area (TPSA) is 90.5 Å². The van der Waals surface area contributed by atoms with Gasteiger partial charge in [0.1, 0.15) is 0 Å². The van der Waals surface area contributed by atoms with E-state index in [2.05, 4.69) is 21.6 Å². The van der Waals surface area contributed by atoms with Gasteiger partial charge in [0.15, 0.2) is 0 Å². The van der Waals surface area contributed by atoms with Crippen molar-refractivity contribution in [2.75, 3.05) is 11.1 Å². The van der Waals surface area contributed by atoms with E-state index in [1.165, 1.54) is 0 Å². The third-order valence-corrected chi connectivity index (χ3v) is 3.13. The van der Waals surface area contributed by atoms with Crippen molar-refractivity contribution in [2.45, 2.75) is 6.42 Å². The van der Waals surface area contributed by atoms with Crippen LogP contribution in [0.1, 0.15) is 5.56 Å². The standard InChI is InChI=1S/C15H13N5/c16-6-5-10-1-3-12(4-2-10)19-15-8-14-11(7-13(15)17)9-18-20-14/h1-4,7-9,19H,5,17H2,(H,18,20). The molecule has 0 fully saturated rings. The van der Waals surface area contributed by atoms with E-state index in [0.29, 0.717) is 12.1 Å². The van der Waals surface area contributed by atoms with E-state index in [9.17, 15) is 0 Å². The average molecular weight is 263 g/mol. The second-order valence-electron chi connectivity index (χ2n) is 4.55. The lowest BCUT2D eigenvalue weighted by molar-refractivity contribution is 1.12. The summed E-state index contributed by atoms with van der Waals surface area (Å²) in [6.07, 6.45) is 2.16. The van der Waals surface area contributed by atoms with Gasteiger partial charge in [-0.05, 0) is 29.8 Å². The Kier molecular flexibility index (Phi) is 2.98. The Bertz CT molecular complexity index is 780. The fraction of sp³-hybridized carbons (Fsp3) is 0.0667. The van der Waals surface area contributed by atoms with Crippen molar-refractivity contribution in [2.24, 2.45) is 0 Å². The van der Waals surface area contributed by atoms with Crippen molar-refractivity contribution < 1.29 is 0 Å². The maximum Gasteiger partial charge on any atom is 0.0672 e. The molecule has 0 spiro atoms. The van der Waals surface area contributed by atoms with Gasteiger partial charge < -0.3 is 11.1 Å². The molecule has 3 rings (SSSR count). The van der Waals surface area contributed by atoms with E-state index in [1.807, 2.05) is 36.4 Å². The molecule has 0 saturated heterocycles. The molecule has 0 amide bonds. The summed E-state index contributed by atoms with van der Waals surface area (Å²) in [6, 6.07) is 13.7. The minimum absolute atomic E-state index is 0.419. The van der Waals surface area contributed by atoms with Gasteiger partial charge in [0.25, 0.3) is 0 Å². The summed E-state index contributed by atoms with van der Waals surface area (Å²) in [4.78, 5) is 0. The summed E-state index contributed by atoms with van der Waals surface area (Å²) >= 11 is 0. The largest absolute Gasteiger partial charge is 0.397 e. The molecule has 0 atom stereocenters. The van der Waals surface area contributed by atoms with Crippen LogP contribution in [0.2, 0.25) is 0 Å². The van der Waals surface area contributed by atoms with Gasteiger partial charge in [0.2, 0.25) is 0 Å². The number of benzene rings is 2. The van der Waals surface area contributed by atoms with Crippen LogP contribution in [0.4, 0.5) is 17.1 Å². The van der Waals surface area contributed by atoms with E-state index in [-0.39, 0.29) is 0 Å². The Morgan fingerprint density at radius 2 is 2.05 bits per heavy atom. The Labute approximate surface area is 116 Å². The molecule has 20 heavy (non-hydrogen) atoms. The summed E-state index contributed by atoms with van der Waals surface area (Å²) in [6.45, 7) is 0. The number of rotatable bonds is 3. The number of fused-ring (bicyclic) bond motifs is 1. The van der Waals surface area contributed by atoms with E-state index in [0.717, 1.165) is 27.8 Å². The Balaban J connectivity index is 1.88. The van der Waals surface area contributed by atoms with Gasteiger partial charge in [0.05, 0.1) is 35.6 Å². The quantitative estimate of drug-likeness (QED) is 0.633. The van der Waals surface area contributed by atoms with Crippen LogP contribution in [-0.2, 0) is 6.42 Å². The van der Waals surface area contributed by atoms with E-state index in [4.69, 9.17) is 11.0 Å². The molecule has 3 aromatic rings. The number of nitrogens with zero attached hydrogens (tertiary/aromatic N) is 2.